The summed E-state index contributed by atoms with van der Waals surface area (Å²) in [6.07, 6.45) is 2.35. The number of carboxylic acids is 1. The minimum atomic E-state index is -1.21. The molecule has 0 aromatic heterocycles. The van der Waals surface area contributed by atoms with E-state index >= 15 is 0 Å². The number of rotatable bonds is 5. The molecule has 162 valence electrons. The van der Waals surface area contributed by atoms with Gasteiger partial charge in [0.2, 0.25) is 0 Å². The number of Topliss-reactive ketones (excluding diaryl/α,β-unsaturated/α-hetero) is 1. The average molecular weight is 415 g/mol. The van der Waals surface area contributed by atoms with Crippen LogP contribution in [0.2, 0.25) is 0 Å². The Morgan fingerprint density at radius 1 is 1.30 bits per heavy atom. The molecule has 1 aromatic rings. The van der Waals surface area contributed by atoms with Crippen molar-refractivity contribution in [2.45, 2.75) is 59.0 Å². The Morgan fingerprint density at radius 2 is 2.00 bits per heavy atom. The molecule has 1 unspecified atom stereocenters. The molecule has 1 aliphatic carbocycles. The number of nitrogens with one attached hydrogen (secondary N) is 1. The Labute approximate surface area is 176 Å². The first-order valence-corrected chi connectivity index (χ1v) is 10.2. The molecule has 2 aliphatic rings. The number of benzene rings is 1. The monoisotopic (exact) mass is 415 g/mol. The standard InChI is InChI=1S/C23H29NO6/c1-22(2,3)30-21(28)24-8-6-7-13-9-14-18-16(11-15(19(14)25)20(26)27)23(4,5)12-29-17(18)10-13/h9-11,16H,6-8,12H2,1-5H3,(H,24,28)(H,26,27). The van der Waals surface area contributed by atoms with E-state index in [1.165, 1.54) is 0 Å². The summed E-state index contributed by atoms with van der Waals surface area (Å²) < 4.78 is 11.2. The van der Waals surface area contributed by atoms with Gasteiger partial charge in [-0.2, -0.15) is 0 Å². The van der Waals surface area contributed by atoms with E-state index in [9.17, 15) is 19.5 Å². The molecule has 0 bridgehead atoms. The molecule has 1 aliphatic heterocycles. The lowest BCUT2D eigenvalue weighted by atomic mass is 9.68. The summed E-state index contributed by atoms with van der Waals surface area (Å²) in [4.78, 5) is 36.2. The second-order valence-electron chi connectivity index (χ2n) is 9.56. The van der Waals surface area contributed by atoms with Gasteiger partial charge in [-0.1, -0.05) is 19.9 Å². The summed E-state index contributed by atoms with van der Waals surface area (Å²) in [6.45, 7) is 10.3. The topological polar surface area (TPSA) is 102 Å². The molecule has 0 fully saturated rings. The van der Waals surface area contributed by atoms with E-state index in [1.54, 1.807) is 32.9 Å². The van der Waals surface area contributed by atoms with Crippen molar-refractivity contribution in [1.29, 1.82) is 0 Å². The van der Waals surface area contributed by atoms with Crippen molar-refractivity contribution < 1.29 is 29.0 Å². The van der Waals surface area contributed by atoms with Crippen molar-refractivity contribution in [2.75, 3.05) is 13.2 Å². The molecule has 30 heavy (non-hydrogen) atoms. The second-order valence-corrected chi connectivity index (χ2v) is 9.56. The molecule has 1 aromatic carbocycles. The van der Waals surface area contributed by atoms with Crippen LogP contribution in [0, 0.1) is 5.41 Å². The summed E-state index contributed by atoms with van der Waals surface area (Å²) >= 11 is 0. The lowest BCUT2D eigenvalue weighted by Gasteiger charge is -2.41. The zero-order valence-corrected chi connectivity index (χ0v) is 18.1. The van der Waals surface area contributed by atoms with Crippen LogP contribution in [0.3, 0.4) is 0 Å². The number of hydrogen-bond acceptors (Lipinski definition) is 5. The van der Waals surface area contributed by atoms with Gasteiger partial charge in [0, 0.05) is 29.0 Å². The maximum atomic E-state index is 12.8. The molecule has 0 radical (unpaired) electrons. The summed E-state index contributed by atoms with van der Waals surface area (Å²) in [7, 11) is 0. The molecule has 1 amide bonds. The van der Waals surface area contributed by atoms with E-state index in [4.69, 9.17) is 9.47 Å². The van der Waals surface area contributed by atoms with E-state index < -0.39 is 23.4 Å². The smallest absolute Gasteiger partial charge is 0.407 e. The molecule has 3 rings (SSSR count). The number of hydrogen-bond donors (Lipinski definition) is 2. The van der Waals surface area contributed by atoms with Crippen molar-refractivity contribution in [3.8, 4) is 5.75 Å². The highest BCUT2D eigenvalue weighted by Crippen LogP contribution is 2.50. The summed E-state index contributed by atoms with van der Waals surface area (Å²) in [5.74, 6) is -1.24. The molecule has 0 spiro atoms. The number of carbonyl (C=O) groups excluding carboxylic acids is 2. The van der Waals surface area contributed by atoms with Gasteiger partial charge in [0.25, 0.3) is 0 Å². The number of aliphatic carboxylic acids is 1. The Balaban J connectivity index is 1.78. The predicted octanol–water partition coefficient (Wildman–Crippen LogP) is 3.85. The molecular weight excluding hydrogens is 386 g/mol. The first-order valence-electron chi connectivity index (χ1n) is 10.2. The van der Waals surface area contributed by atoms with E-state index in [0.717, 1.165) is 11.1 Å². The maximum absolute atomic E-state index is 12.8. The molecule has 1 atom stereocenters. The number of carbonyl (C=O) groups is 3. The van der Waals surface area contributed by atoms with Gasteiger partial charge in [0.1, 0.15) is 16.9 Å². The number of allylic oxidation sites excluding steroid dienone is 1. The molecule has 0 saturated heterocycles. The van der Waals surface area contributed by atoms with Crippen molar-refractivity contribution in [1.82, 2.24) is 5.32 Å². The van der Waals surface area contributed by atoms with Gasteiger partial charge in [0.05, 0.1) is 6.61 Å². The Kier molecular flexibility index (Phi) is 5.67. The minimum Gasteiger partial charge on any atom is -0.493 e. The Morgan fingerprint density at radius 3 is 2.63 bits per heavy atom. The van der Waals surface area contributed by atoms with Crippen molar-refractivity contribution >= 4 is 17.8 Å². The number of ketones is 1. The molecule has 7 heteroatoms. The van der Waals surface area contributed by atoms with E-state index in [1.807, 2.05) is 19.9 Å². The van der Waals surface area contributed by atoms with Crippen LogP contribution in [0.15, 0.2) is 23.8 Å². The van der Waals surface area contributed by atoms with Crippen LogP contribution in [0.25, 0.3) is 0 Å². The lowest BCUT2D eigenvalue weighted by Crippen LogP contribution is -2.37. The van der Waals surface area contributed by atoms with E-state index in [0.29, 0.717) is 37.3 Å². The van der Waals surface area contributed by atoms with Gasteiger partial charge < -0.3 is 19.9 Å². The highest BCUT2D eigenvalue weighted by Gasteiger charge is 2.43. The normalized spacial score (nSPS) is 19.3. The largest absolute Gasteiger partial charge is 0.493 e. The molecular formula is C23H29NO6. The number of alkyl carbamates (subject to hydrolysis) is 1. The van der Waals surface area contributed by atoms with Crippen LogP contribution >= 0.6 is 0 Å². The van der Waals surface area contributed by atoms with Crippen molar-refractivity contribution in [3.63, 3.8) is 0 Å². The van der Waals surface area contributed by atoms with Gasteiger partial charge in [-0.25, -0.2) is 9.59 Å². The highest BCUT2D eigenvalue weighted by molar-refractivity contribution is 6.25. The molecule has 1 heterocycles. The first-order chi connectivity index (χ1) is 13.9. The maximum Gasteiger partial charge on any atom is 0.407 e. The Hall–Kier alpha value is -2.83. The number of amides is 1. The predicted molar refractivity (Wildman–Crippen MR) is 111 cm³/mol. The zero-order chi connectivity index (χ0) is 22.3. The van der Waals surface area contributed by atoms with Crippen LogP contribution in [0.5, 0.6) is 5.75 Å². The fraction of sp³-hybridized carbons (Fsp3) is 0.522. The van der Waals surface area contributed by atoms with Gasteiger partial charge in [-0.05, 0) is 51.3 Å². The van der Waals surface area contributed by atoms with Gasteiger partial charge in [-0.3, -0.25) is 4.79 Å². The van der Waals surface area contributed by atoms with Crippen molar-refractivity contribution in [2.24, 2.45) is 5.41 Å². The highest BCUT2D eigenvalue weighted by atomic mass is 16.6. The van der Waals surface area contributed by atoms with E-state index in [-0.39, 0.29) is 16.9 Å². The van der Waals surface area contributed by atoms with Gasteiger partial charge >= 0.3 is 12.1 Å². The molecule has 7 nitrogen and oxygen atoms in total. The zero-order valence-electron chi connectivity index (χ0n) is 18.1. The van der Waals surface area contributed by atoms with Crippen LogP contribution in [0.1, 0.15) is 68.4 Å². The lowest BCUT2D eigenvalue weighted by molar-refractivity contribution is -0.132. The number of aryl methyl sites for hydroxylation is 1. The fourth-order valence-corrected chi connectivity index (χ4v) is 3.86. The van der Waals surface area contributed by atoms with Crippen LogP contribution in [-0.2, 0) is 16.0 Å². The summed E-state index contributed by atoms with van der Waals surface area (Å²) in [5, 5.41) is 12.2. The third-order valence-electron chi connectivity index (χ3n) is 5.32. The third-order valence-corrected chi connectivity index (χ3v) is 5.32. The van der Waals surface area contributed by atoms with Crippen molar-refractivity contribution in [3.05, 3.63) is 40.5 Å². The SMILES string of the molecule is CC(C)(C)OC(=O)NCCCc1cc2c3c(c1)C(=O)C(C(=O)O)=CC3C(C)(C)CO2. The Bertz CT molecular complexity index is 922. The minimum absolute atomic E-state index is 0.183. The average Bonchev–Trinajstić information content (AvgIpc) is 2.61. The third kappa shape index (κ3) is 4.50. The number of ether oxygens (including phenoxy) is 2. The quantitative estimate of drug-likeness (QED) is 0.559. The molecule has 2 N–H and O–H groups in total. The fourth-order valence-electron chi connectivity index (χ4n) is 3.86. The second kappa shape index (κ2) is 7.78. The molecule has 0 saturated carbocycles. The summed E-state index contributed by atoms with van der Waals surface area (Å²) in [5.41, 5.74) is 0.993. The number of carboxylic acid groups (broad SMARTS) is 1. The summed E-state index contributed by atoms with van der Waals surface area (Å²) in [6, 6.07) is 3.68. The van der Waals surface area contributed by atoms with Crippen LogP contribution in [-0.4, -0.2) is 41.7 Å². The van der Waals surface area contributed by atoms with Gasteiger partial charge in [0.15, 0.2) is 5.78 Å². The first kappa shape index (κ1) is 21.9. The van der Waals surface area contributed by atoms with Gasteiger partial charge in [-0.15, -0.1) is 0 Å². The van der Waals surface area contributed by atoms with Crippen LogP contribution < -0.4 is 10.1 Å². The van der Waals surface area contributed by atoms with Crippen LogP contribution in [0.4, 0.5) is 4.79 Å². The van der Waals surface area contributed by atoms with E-state index in [2.05, 4.69) is 5.32 Å².